The van der Waals surface area contributed by atoms with Crippen LogP contribution in [-0.4, -0.2) is 30.7 Å². The van der Waals surface area contributed by atoms with E-state index in [4.69, 9.17) is 11.6 Å². The van der Waals surface area contributed by atoms with Gasteiger partial charge in [-0.3, -0.25) is 4.79 Å². The number of ketones is 1. The molecule has 0 N–H and O–H groups in total. The minimum atomic E-state index is -3.07. The number of hydrogen-bond donors (Lipinski definition) is 0. The van der Waals surface area contributed by atoms with E-state index >= 15 is 0 Å². The molecule has 2 rings (SSSR count). The zero-order valence-corrected chi connectivity index (χ0v) is 12.2. The minimum Gasteiger partial charge on any atom is -0.294 e. The van der Waals surface area contributed by atoms with E-state index in [2.05, 4.69) is 4.98 Å². The van der Waals surface area contributed by atoms with Crippen molar-refractivity contribution in [2.45, 2.75) is 30.9 Å². The highest BCUT2D eigenvalue weighted by Crippen LogP contribution is 2.30. The molecule has 1 heterocycles. The van der Waals surface area contributed by atoms with Crippen molar-refractivity contribution in [1.29, 1.82) is 0 Å². The lowest BCUT2D eigenvalue weighted by Gasteiger charge is -2.26. The van der Waals surface area contributed by atoms with Crippen molar-refractivity contribution in [2.75, 3.05) is 6.26 Å². The summed E-state index contributed by atoms with van der Waals surface area (Å²) in [5, 5.41) is -0.0512. The van der Waals surface area contributed by atoms with Crippen molar-refractivity contribution in [2.24, 2.45) is 5.92 Å². The van der Waals surface area contributed by atoms with Crippen LogP contribution >= 0.6 is 11.6 Å². The van der Waals surface area contributed by atoms with Gasteiger partial charge in [-0.05, 0) is 31.4 Å². The van der Waals surface area contributed by atoms with Crippen LogP contribution in [-0.2, 0) is 9.84 Å². The van der Waals surface area contributed by atoms with E-state index in [0.29, 0.717) is 23.6 Å². The Labute approximate surface area is 118 Å². The summed E-state index contributed by atoms with van der Waals surface area (Å²) in [5.74, 6) is -0.256. The topological polar surface area (TPSA) is 64.1 Å². The Balaban J connectivity index is 2.13. The lowest BCUT2D eigenvalue weighted by atomic mass is 9.84. The summed E-state index contributed by atoms with van der Waals surface area (Å²) < 4.78 is 23.2. The van der Waals surface area contributed by atoms with Gasteiger partial charge in [0.2, 0.25) is 0 Å². The second-order valence-corrected chi connectivity index (χ2v) is 7.76. The van der Waals surface area contributed by atoms with Crippen LogP contribution in [0.2, 0.25) is 5.15 Å². The molecule has 2 atom stereocenters. The van der Waals surface area contributed by atoms with Crippen LogP contribution in [0.5, 0.6) is 0 Å². The molecule has 0 radical (unpaired) electrons. The van der Waals surface area contributed by atoms with E-state index in [-0.39, 0.29) is 11.7 Å². The molecule has 0 aliphatic heterocycles. The van der Waals surface area contributed by atoms with E-state index in [0.717, 1.165) is 12.8 Å². The molecule has 1 saturated carbocycles. The van der Waals surface area contributed by atoms with Crippen molar-refractivity contribution in [3.8, 4) is 0 Å². The van der Waals surface area contributed by atoms with E-state index < -0.39 is 15.1 Å². The van der Waals surface area contributed by atoms with Crippen molar-refractivity contribution >= 4 is 27.2 Å². The van der Waals surface area contributed by atoms with Gasteiger partial charge in [0, 0.05) is 23.9 Å². The van der Waals surface area contributed by atoms with Gasteiger partial charge in [0.1, 0.15) is 15.0 Å². The maximum absolute atomic E-state index is 12.3. The van der Waals surface area contributed by atoms with Crippen LogP contribution < -0.4 is 0 Å². The van der Waals surface area contributed by atoms with Crippen LogP contribution in [0.1, 0.15) is 36.0 Å². The fraction of sp³-hybridized carbons (Fsp3) is 0.538. The highest BCUT2D eigenvalue weighted by molar-refractivity contribution is 7.91. The number of carbonyl (C=O) groups excluding carboxylic acids is 1. The molecule has 1 aliphatic carbocycles. The summed E-state index contributed by atoms with van der Waals surface area (Å²) in [5.41, 5.74) is 0.503. The lowest BCUT2D eigenvalue weighted by Crippen LogP contribution is -2.31. The number of carbonyl (C=O) groups is 1. The molecule has 0 amide bonds. The Kier molecular flexibility index (Phi) is 4.26. The third-order valence-corrected chi connectivity index (χ3v) is 5.48. The summed E-state index contributed by atoms with van der Waals surface area (Å²) >= 11 is 5.68. The summed E-state index contributed by atoms with van der Waals surface area (Å²) in [6, 6.07) is 3.22. The maximum atomic E-state index is 12.3. The Morgan fingerprint density at radius 1 is 1.37 bits per heavy atom. The molecular formula is C13H16ClNO3S. The first kappa shape index (κ1) is 14.5. The van der Waals surface area contributed by atoms with Gasteiger partial charge >= 0.3 is 0 Å². The van der Waals surface area contributed by atoms with Gasteiger partial charge in [0.15, 0.2) is 5.78 Å². The Morgan fingerprint density at radius 2 is 2.11 bits per heavy atom. The van der Waals surface area contributed by atoms with Gasteiger partial charge in [0.25, 0.3) is 0 Å². The standard InChI is InChI=1S/C13H16ClNO3S/c1-19(17,18)11-4-2-3-9(7-11)13(16)10-5-6-12(14)15-8-10/h5-6,8-9,11H,2-4,7H2,1H3. The van der Waals surface area contributed by atoms with Gasteiger partial charge in [0.05, 0.1) is 5.25 Å². The molecule has 2 unspecified atom stereocenters. The summed E-state index contributed by atoms with van der Waals surface area (Å²) in [6.45, 7) is 0. The smallest absolute Gasteiger partial charge is 0.167 e. The van der Waals surface area contributed by atoms with Crippen LogP contribution in [0, 0.1) is 5.92 Å². The molecule has 1 aromatic rings. The molecule has 0 bridgehead atoms. The lowest BCUT2D eigenvalue weighted by molar-refractivity contribution is 0.0890. The number of hydrogen-bond acceptors (Lipinski definition) is 4. The highest BCUT2D eigenvalue weighted by atomic mass is 35.5. The van der Waals surface area contributed by atoms with Crippen molar-refractivity contribution in [3.05, 3.63) is 29.0 Å². The minimum absolute atomic E-state index is 0.0301. The molecule has 1 aliphatic rings. The molecular weight excluding hydrogens is 286 g/mol. The molecule has 19 heavy (non-hydrogen) atoms. The molecule has 4 nitrogen and oxygen atoms in total. The van der Waals surface area contributed by atoms with Gasteiger partial charge in [-0.25, -0.2) is 13.4 Å². The largest absolute Gasteiger partial charge is 0.294 e. The van der Waals surface area contributed by atoms with Gasteiger partial charge in [-0.15, -0.1) is 0 Å². The molecule has 0 aromatic carbocycles. The van der Waals surface area contributed by atoms with E-state index in [1.165, 1.54) is 12.5 Å². The highest BCUT2D eigenvalue weighted by Gasteiger charge is 2.32. The average molecular weight is 302 g/mol. The van der Waals surface area contributed by atoms with E-state index in [1.807, 2.05) is 0 Å². The fourth-order valence-corrected chi connectivity index (χ4v) is 3.82. The molecule has 1 aromatic heterocycles. The SMILES string of the molecule is CS(=O)(=O)C1CCCC(C(=O)c2ccc(Cl)nc2)C1. The monoisotopic (exact) mass is 301 g/mol. The molecule has 0 spiro atoms. The molecule has 0 saturated heterocycles. The Bertz CT molecular complexity index is 568. The quantitative estimate of drug-likeness (QED) is 0.635. The summed E-state index contributed by atoms with van der Waals surface area (Å²) in [7, 11) is -3.07. The molecule has 1 fully saturated rings. The van der Waals surface area contributed by atoms with Crippen LogP contribution in [0.15, 0.2) is 18.3 Å². The van der Waals surface area contributed by atoms with Crippen LogP contribution in [0.25, 0.3) is 0 Å². The van der Waals surface area contributed by atoms with Crippen molar-refractivity contribution in [1.82, 2.24) is 4.98 Å². The predicted octanol–water partition coefficient (Wildman–Crippen LogP) is 2.52. The van der Waals surface area contributed by atoms with Gasteiger partial charge in [-0.1, -0.05) is 18.0 Å². The first-order valence-electron chi connectivity index (χ1n) is 6.22. The van der Waals surface area contributed by atoms with Crippen molar-refractivity contribution < 1.29 is 13.2 Å². The first-order chi connectivity index (χ1) is 8.88. The third kappa shape index (κ3) is 3.54. The predicted molar refractivity (Wildman–Crippen MR) is 74.2 cm³/mol. The van der Waals surface area contributed by atoms with E-state index in [1.54, 1.807) is 12.1 Å². The first-order valence-corrected chi connectivity index (χ1v) is 8.56. The summed E-state index contributed by atoms with van der Waals surface area (Å²) in [4.78, 5) is 16.2. The number of pyridine rings is 1. The van der Waals surface area contributed by atoms with E-state index in [9.17, 15) is 13.2 Å². The van der Waals surface area contributed by atoms with Gasteiger partial charge in [-0.2, -0.15) is 0 Å². The summed E-state index contributed by atoms with van der Waals surface area (Å²) in [6.07, 6.45) is 5.29. The fourth-order valence-electron chi connectivity index (χ4n) is 2.53. The number of aromatic nitrogens is 1. The molecule has 6 heteroatoms. The van der Waals surface area contributed by atoms with Crippen LogP contribution in [0.4, 0.5) is 0 Å². The third-order valence-electron chi connectivity index (χ3n) is 3.61. The Hall–Kier alpha value is -0.940. The van der Waals surface area contributed by atoms with Crippen molar-refractivity contribution in [3.63, 3.8) is 0 Å². The maximum Gasteiger partial charge on any atom is 0.167 e. The second kappa shape index (κ2) is 5.59. The zero-order valence-electron chi connectivity index (χ0n) is 10.7. The second-order valence-electron chi connectivity index (χ2n) is 5.05. The van der Waals surface area contributed by atoms with Gasteiger partial charge < -0.3 is 0 Å². The Morgan fingerprint density at radius 3 is 2.68 bits per heavy atom. The number of rotatable bonds is 3. The van der Waals surface area contributed by atoms with Crippen LogP contribution in [0.3, 0.4) is 0 Å². The molecule has 104 valence electrons. The zero-order chi connectivity index (χ0) is 14.0. The number of nitrogens with zero attached hydrogens (tertiary/aromatic N) is 1. The number of Topliss-reactive ketones (excluding diaryl/α,β-unsaturated/α-hetero) is 1. The normalized spacial score (nSPS) is 24.1. The number of sulfone groups is 1. The average Bonchev–Trinajstić information content (AvgIpc) is 2.38. The number of halogens is 1.